The Balaban J connectivity index is 0.000000561. The van der Waals surface area contributed by atoms with Crippen LogP contribution < -0.4 is 5.32 Å². The lowest BCUT2D eigenvalue weighted by Gasteiger charge is -2.17. The molecule has 1 heterocycles. The lowest BCUT2D eigenvalue weighted by Crippen LogP contribution is -2.32. The van der Waals surface area contributed by atoms with Gasteiger partial charge in [-0.05, 0) is 13.3 Å². The SMILES string of the molecule is C=C.CCCN1C(=O)NC[C@@H]1C. The molecule has 1 rings (SSSR count). The lowest BCUT2D eigenvalue weighted by molar-refractivity contribution is 0.207. The van der Waals surface area contributed by atoms with Gasteiger partial charge in [0, 0.05) is 19.1 Å². The molecule has 1 fully saturated rings. The Bertz CT molecular complexity index is 147. The monoisotopic (exact) mass is 170 g/mol. The molecule has 0 bridgehead atoms. The van der Waals surface area contributed by atoms with E-state index in [1.165, 1.54) is 0 Å². The van der Waals surface area contributed by atoms with Gasteiger partial charge in [0.15, 0.2) is 0 Å². The molecule has 1 aliphatic heterocycles. The van der Waals surface area contributed by atoms with Gasteiger partial charge in [-0.25, -0.2) is 4.79 Å². The van der Waals surface area contributed by atoms with Crippen molar-refractivity contribution in [2.75, 3.05) is 13.1 Å². The number of carbonyl (C=O) groups is 1. The molecule has 0 aromatic rings. The molecular weight excluding hydrogens is 152 g/mol. The summed E-state index contributed by atoms with van der Waals surface area (Å²) >= 11 is 0. The van der Waals surface area contributed by atoms with Crippen molar-refractivity contribution in [1.82, 2.24) is 10.2 Å². The molecule has 12 heavy (non-hydrogen) atoms. The van der Waals surface area contributed by atoms with Gasteiger partial charge in [0.2, 0.25) is 0 Å². The Kier molecular flexibility index (Phi) is 5.17. The van der Waals surface area contributed by atoms with Crippen molar-refractivity contribution in [2.45, 2.75) is 26.3 Å². The van der Waals surface area contributed by atoms with Gasteiger partial charge in [-0.15, -0.1) is 13.2 Å². The van der Waals surface area contributed by atoms with Gasteiger partial charge < -0.3 is 10.2 Å². The summed E-state index contributed by atoms with van der Waals surface area (Å²) < 4.78 is 0. The van der Waals surface area contributed by atoms with Gasteiger partial charge in [0.1, 0.15) is 0 Å². The topological polar surface area (TPSA) is 32.3 Å². The molecule has 1 atom stereocenters. The summed E-state index contributed by atoms with van der Waals surface area (Å²) in [6.45, 7) is 11.8. The third-order valence-corrected chi connectivity index (χ3v) is 1.81. The van der Waals surface area contributed by atoms with E-state index in [1.54, 1.807) is 0 Å². The second kappa shape index (κ2) is 5.63. The molecule has 0 aliphatic carbocycles. The van der Waals surface area contributed by atoms with Crippen LogP contribution in [0.15, 0.2) is 13.2 Å². The third kappa shape index (κ3) is 2.57. The van der Waals surface area contributed by atoms with Crippen LogP contribution in [0.3, 0.4) is 0 Å². The molecule has 3 heteroatoms. The van der Waals surface area contributed by atoms with Gasteiger partial charge in [0.25, 0.3) is 0 Å². The fraction of sp³-hybridized carbons (Fsp3) is 0.667. The maximum atomic E-state index is 11.0. The first-order valence-corrected chi connectivity index (χ1v) is 4.30. The van der Waals surface area contributed by atoms with E-state index in [2.05, 4.69) is 32.3 Å². The minimum atomic E-state index is 0.0920. The number of nitrogens with zero attached hydrogens (tertiary/aromatic N) is 1. The number of carbonyl (C=O) groups excluding carboxylic acids is 1. The zero-order chi connectivity index (χ0) is 9.56. The number of urea groups is 1. The normalized spacial score (nSPS) is 21.3. The quantitative estimate of drug-likeness (QED) is 0.627. The highest BCUT2D eigenvalue weighted by atomic mass is 16.2. The van der Waals surface area contributed by atoms with Crippen molar-refractivity contribution < 1.29 is 4.79 Å². The maximum absolute atomic E-state index is 11.0. The Morgan fingerprint density at radius 1 is 1.67 bits per heavy atom. The predicted octanol–water partition coefficient (Wildman–Crippen LogP) is 1.61. The molecular formula is C9H18N2O. The van der Waals surface area contributed by atoms with Crippen LogP contribution in [0.1, 0.15) is 20.3 Å². The average molecular weight is 170 g/mol. The molecule has 0 unspecified atom stereocenters. The molecule has 0 radical (unpaired) electrons. The number of hydrogen-bond donors (Lipinski definition) is 1. The van der Waals surface area contributed by atoms with E-state index < -0.39 is 0 Å². The smallest absolute Gasteiger partial charge is 0.317 e. The molecule has 0 aromatic carbocycles. The fourth-order valence-corrected chi connectivity index (χ4v) is 1.21. The van der Waals surface area contributed by atoms with Crippen LogP contribution in [0.4, 0.5) is 4.79 Å². The van der Waals surface area contributed by atoms with E-state index >= 15 is 0 Å². The minimum Gasteiger partial charge on any atom is -0.336 e. The maximum Gasteiger partial charge on any atom is 0.317 e. The number of hydrogen-bond acceptors (Lipinski definition) is 1. The first-order chi connectivity index (χ1) is 5.75. The first-order valence-electron chi connectivity index (χ1n) is 4.30. The molecule has 1 saturated heterocycles. The molecule has 1 N–H and O–H groups in total. The second-order valence-electron chi connectivity index (χ2n) is 2.73. The molecule has 0 spiro atoms. The molecule has 3 nitrogen and oxygen atoms in total. The highest BCUT2D eigenvalue weighted by molar-refractivity contribution is 5.76. The Morgan fingerprint density at radius 3 is 2.58 bits per heavy atom. The van der Waals surface area contributed by atoms with E-state index in [-0.39, 0.29) is 6.03 Å². The first kappa shape index (κ1) is 11.0. The van der Waals surface area contributed by atoms with Crippen molar-refractivity contribution >= 4 is 6.03 Å². The summed E-state index contributed by atoms with van der Waals surface area (Å²) in [4.78, 5) is 12.9. The van der Waals surface area contributed by atoms with Crippen molar-refractivity contribution in [1.29, 1.82) is 0 Å². The number of rotatable bonds is 2. The standard InChI is InChI=1S/C7H14N2O.C2H4/c1-3-4-9-6(2)5-8-7(9)10;1-2/h6H,3-5H2,1-2H3,(H,8,10);1-2H2/t6-;/m0./s1. The summed E-state index contributed by atoms with van der Waals surface area (Å²) in [6.07, 6.45) is 1.04. The lowest BCUT2D eigenvalue weighted by atomic mass is 10.3. The van der Waals surface area contributed by atoms with E-state index in [4.69, 9.17) is 0 Å². The fourth-order valence-electron chi connectivity index (χ4n) is 1.21. The summed E-state index contributed by atoms with van der Waals surface area (Å²) in [5.74, 6) is 0. The van der Waals surface area contributed by atoms with Crippen LogP contribution in [0.5, 0.6) is 0 Å². The van der Waals surface area contributed by atoms with Crippen LogP contribution in [0, 0.1) is 0 Å². The van der Waals surface area contributed by atoms with E-state index in [0.717, 1.165) is 19.5 Å². The summed E-state index contributed by atoms with van der Waals surface area (Å²) in [5, 5.41) is 2.79. The average Bonchev–Trinajstić information content (AvgIpc) is 2.40. The van der Waals surface area contributed by atoms with E-state index in [0.29, 0.717) is 6.04 Å². The van der Waals surface area contributed by atoms with Crippen molar-refractivity contribution in [3.05, 3.63) is 13.2 Å². The van der Waals surface area contributed by atoms with Gasteiger partial charge >= 0.3 is 6.03 Å². The second-order valence-corrected chi connectivity index (χ2v) is 2.73. The molecule has 2 amide bonds. The number of amides is 2. The van der Waals surface area contributed by atoms with E-state index in [1.807, 2.05) is 4.90 Å². The number of nitrogens with one attached hydrogen (secondary N) is 1. The van der Waals surface area contributed by atoms with Crippen molar-refractivity contribution in [2.24, 2.45) is 0 Å². The largest absolute Gasteiger partial charge is 0.336 e. The molecule has 70 valence electrons. The van der Waals surface area contributed by atoms with Crippen molar-refractivity contribution in [3.63, 3.8) is 0 Å². The van der Waals surface area contributed by atoms with Crippen LogP contribution in [-0.4, -0.2) is 30.1 Å². The Labute approximate surface area is 74.4 Å². The van der Waals surface area contributed by atoms with Crippen LogP contribution in [0.25, 0.3) is 0 Å². The Morgan fingerprint density at radius 2 is 2.25 bits per heavy atom. The zero-order valence-electron chi connectivity index (χ0n) is 7.97. The summed E-state index contributed by atoms with van der Waals surface area (Å²) in [6, 6.07) is 0.474. The van der Waals surface area contributed by atoms with Gasteiger partial charge in [-0.2, -0.15) is 0 Å². The van der Waals surface area contributed by atoms with Crippen LogP contribution in [0.2, 0.25) is 0 Å². The minimum absolute atomic E-state index is 0.0920. The van der Waals surface area contributed by atoms with Crippen molar-refractivity contribution in [3.8, 4) is 0 Å². The highest BCUT2D eigenvalue weighted by Gasteiger charge is 2.25. The van der Waals surface area contributed by atoms with Gasteiger partial charge in [0.05, 0.1) is 0 Å². The summed E-state index contributed by atoms with van der Waals surface area (Å²) in [7, 11) is 0. The molecule has 0 saturated carbocycles. The van der Waals surface area contributed by atoms with E-state index in [9.17, 15) is 4.79 Å². The predicted molar refractivity (Wildman–Crippen MR) is 51.1 cm³/mol. The highest BCUT2D eigenvalue weighted by Crippen LogP contribution is 2.05. The van der Waals surface area contributed by atoms with Crippen LogP contribution >= 0.6 is 0 Å². The molecule has 1 aliphatic rings. The van der Waals surface area contributed by atoms with Gasteiger partial charge in [-0.3, -0.25) is 0 Å². The van der Waals surface area contributed by atoms with Gasteiger partial charge in [-0.1, -0.05) is 6.92 Å². The summed E-state index contributed by atoms with van der Waals surface area (Å²) in [5.41, 5.74) is 0. The van der Waals surface area contributed by atoms with Crippen LogP contribution in [-0.2, 0) is 0 Å². The molecule has 0 aromatic heterocycles. The zero-order valence-corrected chi connectivity index (χ0v) is 7.97. The Hall–Kier alpha value is -0.990. The third-order valence-electron chi connectivity index (χ3n) is 1.81.